The lowest BCUT2D eigenvalue weighted by molar-refractivity contribution is 0.0697. The number of halogens is 1. The standard InChI is InChI=1S/C16H11BrN4O3/c17-11-5-1-3-9(7-11)13-14(15(22)21-19-13)20-18-12-6-2-4-10(8-12)16(23)24/h1-8H,(H,23,24)(H2,19,21,22). The first kappa shape index (κ1) is 15.9. The smallest absolute Gasteiger partial charge is 0.335 e. The molecule has 0 bridgehead atoms. The first-order chi connectivity index (χ1) is 11.5. The van der Waals surface area contributed by atoms with Crippen molar-refractivity contribution in [2.75, 3.05) is 0 Å². The summed E-state index contributed by atoms with van der Waals surface area (Å²) in [4.78, 5) is 22.9. The van der Waals surface area contributed by atoms with Crippen LogP contribution < -0.4 is 5.56 Å². The van der Waals surface area contributed by atoms with E-state index in [0.717, 1.165) is 10.0 Å². The summed E-state index contributed by atoms with van der Waals surface area (Å²) in [6, 6.07) is 13.4. The Morgan fingerprint density at radius 3 is 2.58 bits per heavy atom. The summed E-state index contributed by atoms with van der Waals surface area (Å²) >= 11 is 3.38. The normalized spacial score (nSPS) is 11.0. The van der Waals surface area contributed by atoms with Crippen LogP contribution in [0.15, 0.2) is 68.0 Å². The number of nitrogens with one attached hydrogen (secondary N) is 2. The highest BCUT2D eigenvalue weighted by molar-refractivity contribution is 9.10. The number of aromatic amines is 2. The Morgan fingerprint density at radius 2 is 1.83 bits per heavy atom. The molecule has 0 fully saturated rings. The number of carboxylic acids is 1. The second-order valence-electron chi connectivity index (χ2n) is 4.87. The molecule has 0 saturated carbocycles. The summed E-state index contributed by atoms with van der Waals surface area (Å²) in [6.07, 6.45) is 0. The number of aromatic carboxylic acids is 1. The van der Waals surface area contributed by atoms with Gasteiger partial charge in [0.05, 0.1) is 16.9 Å². The maximum absolute atomic E-state index is 11.9. The van der Waals surface area contributed by atoms with Crippen LogP contribution in [0.1, 0.15) is 10.4 Å². The summed E-state index contributed by atoms with van der Waals surface area (Å²) in [6.45, 7) is 0. The second kappa shape index (κ2) is 6.63. The number of aromatic nitrogens is 2. The Hall–Kier alpha value is -3.00. The van der Waals surface area contributed by atoms with Crippen molar-refractivity contribution in [3.8, 4) is 11.3 Å². The van der Waals surface area contributed by atoms with Gasteiger partial charge in [-0.05, 0) is 30.3 Å². The molecule has 1 aromatic heterocycles. The molecular weight excluding hydrogens is 376 g/mol. The van der Waals surface area contributed by atoms with E-state index < -0.39 is 11.5 Å². The maximum atomic E-state index is 11.9. The molecule has 0 saturated heterocycles. The lowest BCUT2D eigenvalue weighted by Gasteiger charge is -1.99. The Bertz CT molecular complexity index is 991. The van der Waals surface area contributed by atoms with Crippen molar-refractivity contribution >= 4 is 33.3 Å². The molecule has 0 aliphatic rings. The van der Waals surface area contributed by atoms with Crippen LogP contribution in [0, 0.1) is 0 Å². The molecule has 0 aliphatic carbocycles. The molecule has 0 amide bonds. The zero-order valence-corrected chi connectivity index (χ0v) is 13.7. The van der Waals surface area contributed by atoms with Gasteiger partial charge in [-0.3, -0.25) is 15.0 Å². The van der Waals surface area contributed by atoms with E-state index in [-0.39, 0.29) is 11.3 Å². The molecule has 3 aromatic rings. The Morgan fingerprint density at radius 1 is 1.04 bits per heavy atom. The van der Waals surface area contributed by atoms with E-state index in [0.29, 0.717) is 11.4 Å². The number of hydrogen-bond donors (Lipinski definition) is 3. The third-order valence-electron chi connectivity index (χ3n) is 3.22. The number of hydrogen-bond acceptors (Lipinski definition) is 4. The number of nitrogens with zero attached hydrogens (tertiary/aromatic N) is 2. The van der Waals surface area contributed by atoms with Crippen LogP contribution in [-0.4, -0.2) is 21.3 Å². The van der Waals surface area contributed by atoms with Crippen LogP contribution in [0.5, 0.6) is 0 Å². The number of carbonyl (C=O) groups is 1. The van der Waals surface area contributed by atoms with Gasteiger partial charge < -0.3 is 5.11 Å². The maximum Gasteiger partial charge on any atom is 0.335 e. The zero-order chi connectivity index (χ0) is 17.1. The molecule has 2 aromatic carbocycles. The van der Waals surface area contributed by atoms with Crippen LogP contribution in [0.4, 0.5) is 11.4 Å². The number of azo groups is 1. The van der Waals surface area contributed by atoms with Crippen LogP contribution in [0.25, 0.3) is 11.3 Å². The Kier molecular flexibility index (Phi) is 4.39. The van der Waals surface area contributed by atoms with E-state index in [1.165, 1.54) is 12.1 Å². The van der Waals surface area contributed by atoms with Crippen molar-refractivity contribution in [3.63, 3.8) is 0 Å². The van der Waals surface area contributed by atoms with Gasteiger partial charge in [0.15, 0.2) is 5.69 Å². The van der Waals surface area contributed by atoms with Gasteiger partial charge in [-0.1, -0.05) is 34.1 Å². The molecule has 8 heteroatoms. The van der Waals surface area contributed by atoms with Crippen molar-refractivity contribution in [2.24, 2.45) is 10.2 Å². The monoisotopic (exact) mass is 386 g/mol. The summed E-state index contributed by atoms with van der Waals surface area (Å²) in [5.41, 5.74) is 1.41. The fourth-order valence-electron chi connectivity index (χ4n) is 2.11. The highest BCUT2D eigenvalue weighted by Gasteiger charge is 2.12. The first-order valence-electron chi connectivity index (χ1n) is 6.86. The largest absolute Gasteiger partial charge is 0.478 e. The fraction of sp³-hybridized carbons (Fsp3) is 0. The van der Waals surface area contributed by atoms with Gasteiger partial charge in [0.25, 0.3) is 5.56 Å². The topological polar surface area (TPSA) is 111 Å². The number of benzene rings is 2. The summed E-state index contributed by atoms with van der Waals surface area (Å²) < 4.78 is 0.860. The quantitative estimate of drug-likeness (QED) is 0.582. The van der Waals surface area contributed by atoms with Crippen molar-refractivity contribution in [1.29, 1.82) is 0 Å². The Balaban J connectivity index is 1.99. The Labute approximate surface area is 144 Å². The molecule has 0 radical (unpaired) electrons. The minimum absolute atomic E-state index is 0.0987. The highest BCUT2D eigenvalue weighted by Crippen LogP contribution is 2.28. The average Bonchev–Trinajstić information content (AvgIpc) is 2.94. The molecule has 3 N–H and O–H groups in total. The fourth-order valence-corrected chi connectivity index (χ4v) is 2.51. The second-order valence-corrected chi connectivity index (χ2v) is 5.78. The minimum Gasteiger partial charge on any atom is -0.478 e. The van der Waals surface area contributed by atoms with Crippen LogP contribution in [0.2, 0.25) is 0 Å². The van der Waals surface area contributed by atoms with Crippen LogP contribution in [-0.2, 0) is 0 Å². The van der Waals surface area contributed by atoms with Crippen molar-refractivity contribution in [3.05, 3.63) is 68.9 Å². The number of H-pyrrole nitrogens is 2. The van der Waals surface area contributed by atoms with E-state index in [4.69, 9.17) is 5.11 Å². The van der Waals surface area contributed by atoms with E-state index in [1.54, 1.807) is 12.1 Å². The molecule has 0 atom stereocenters. The van der Waals surface area contributed by atoms with Gasteiger partial charge in [0.1, 0.15) is 0 Å². The third kappa shape index (κ3) is 3.33. The lowest BCUT2D eigenvalue weighted by Crippen LogP contribution is -1.96. The molecule has 0 spiro atoms. The number of rotatable bonds is 4. The molecule has 0 aliphatic heterocycles. The van der Waals surface area contributed by atoms with Crippen molar-refractivity contribution in [2.45, 2.75) is 0 Å². The molecular formula is C16H11BrN4O3. The minimum atomic E-state index is -1.05. The predicted molar refractivity (Wildman–Crippen MR) is 92.1 cm³/mol. The van der Waals surface area contributed by atoms with Gasteiger partial charge in [-0.15, -0.1) is 5.11 Å². The average molecular weight is 387 g/mol. The van der Waals surface area contributed by atoms with E-state index >= 15 is 0 Å². The number of carboxylic acid groups (broad SMARTS) is 1. The van der Waals surface area contributed by atoms with Gasteiger partial charge >= 0.3 is 5.97 Å². The summed E-state index contributed by atoms with van der Waals surface area (Å²) in [5, 5.41) is 22.2. The first-order valence-corrected chi connectivity index (χ1v) is 7.65. The predicted octanol–water partition coefficient (Wildman–Crippen LogP) is 4.25. The molecule has 3 rings (SSSR count). The van der Waals surface area contributed by atoms with Crippen LogP contribution in [0.3, 0.4) is 0 Å². The molecule has 120 valence electrons. The van der Waals surface area contributed by atoms with Gasteiger partial charge in [-0.2, -0.15) is 5.11 Å². The highest BCUT2D eigenvalue weighted by atomic mass is 79.9. The van der Waals surface area contributed by atoms with Gasteiger partial charge in [0, 0.05) is 10.0 Å². The lowest BCUT2D eigenvalue weighted by atomic mass is 10.1. The summed E-state index contributed by atoms with van der Waals surface area (Å²) in [7, 11) is 0. The molecule has 7 nitrogen and oxygen atoms in total. The van der Waals surface area contributed by atoms with Crippen molar-refractivity contribution < 1.29 is 9.90 Å². The molecule has 0 unspecified atom stereocenters. The third-order valence-corrected chi connectivity index (χ3v) is 3.72. The molecule has 1 heterocycles. The SMILES string of the molecule is O=C(O)c1cccc(N=Nc2c(-c3cccc(Br)c3)[nH][nH]c2=O)c1. The molecule has 24 heavy (non-hydrogen) atoms. The van der Waals surface area contributed by atoms with Gasteiger partial charge in [-0.25, -0.2) is 4.79 Å². The van der Waals surface area contributed by atoms with E-state index in [1.807, 2.05) is 24.3 Å². The van der Waals surface area contributed by atoms with Crippen LogP contribution >= 0.6 is 15.9 Å². The van der Waals surface area contributed by atoms with Crippen molar-refractivity contribution in [1.82, 2.24) is 10.2 Å². The van der Waals surface area contributed by atoms with Gasteiger partial charge in [0.2, 0.25) is 0 Å². The summed E-state index contributed by atoms with van der Waals surface area (Å²) in [5.74, 6) is -1.05. The van der Waals surface area contributed by atoms with E-state index in [2.05, 4.69) is 36.4 Å². The zero-order valence-electron chi connectivity index (χ0n) is 12.2. The van der Waals surface area contributed by atoms with E-state index in [9.17, 15) is 9.59 Å².